The van der Waals surface area contributed by atoms with E-state index in [4.69, 9.17) is 4.74 Å². The van der Waals surface area contributed by atoms with Crippen LogP contribution in [0.15, 0.2) is 12.2 Å². The molecule has 4 amide bonds. The van der Waals surface area contributed by atoms with Gasteiger partial charge >= 0.3 is 16.3 Å². The van der Waals surface area contributed by atoms with E-state index in [2.05, 4.69) is 20.3 Å². The molecule has 5 aliphatic rings. The maximum atomic E-state index is 13.9. The van der Waals surface area contributed by atoms with Crippen LogP contribution in [0.1, 0.15) is 97.8 Å². The summed E-state index contributed by atoms with van der Waals surface area (Å²) in [5.74, 6) is -1.95. The third kappa shape index (κ3) is 8.22. The van der Waals surface area contributed by atoms with E-state index < -0.39 is 51.3 Å². The van der Waals surface area contributed by atoms with Crippen molar-refractivity contribution in [1.29, 1.82) is 0 Å². The van der Waals surface area contributed by atoms with E-state index in [0.717, 1.165) is 45.2 Å². The van der Waals surface area contributed by atoms with Gasteiger partial charge in [0.05, 0.1) is 0 Å². The molecule has 0 bridgehead atoms. The van der Waals surface area contributed by atoms with Gasteiger partial charge < -0.3 is 25.2 Å². The number of nitrogens with zero attached hydrogens (tertiary/aromatic N) is 3. The molecule has 2 saturated heterocycles. The van der Waals surface area contributed by atoms with Crippen molar-refractivity contribution >= 4 is 34.0 Å². The first kappa shape index (κ1) is 34.6. The van der Waals surface area contributed by atoms with Gasteiger partial charge in [-0.1, -0.05) is 25.0 Å². The lowest BCUT2D eigenvalue weighted by atomic mass is 10.0. The number of rotatable bonds is 6. The van der Waals surface area contributed by atoms with Crippen molar-refractivity contribution in [3.8, 4) is 0 Å². The number of ether oxygens (including phenoxy) is 1. The molecule has 0 aromatic heterocycles. The predicted octanol–water partition coefficient (Wildman–Crippen LogP) is 2.19. The van der Waals surface area contributed by atoms with Crippen molar-refractivity contribution in [2.45, 2.75) is 133 Å². The number of amides is 4. The molecule has 5 rings (SSSR count). The van der Waals surface area contributed by atoms with Gasteiger partial charge in [-0.2, -0.15) is 12.7 Å². The highest BCUT2D eigenvalue weighted by Crippen LogP contribution is 2.46. The number of carbonyl (C=O) groups is 4. The second-order valence-electron chi connectivity index (χ2n) is 14.8. The fourth-order valence-corrected chi connectivity index (χ4v) is 8.80. The van der Waals surface area contributed by atoms with Gasteiger partial charge in [-0.25, -0.2) is 9.52 Å². The molecule has 0 aromatic carbocycles. The number of nitrogens with one attached hydrogen (secondary N) is 3. The number of hydrogen-bond acceptors (Lipinski definition) is 8. The molecule has 3 heterocycles. The Balaban J connectivity index is 1.34. The zero-order valence-electron chi connectivity index (χ0n) is 27.8. The SMILES string of the molecule is CN1CCC(N(C2CC2)S(=O)(=O)NC(=O)[C@@]23C[C@H]2/C=C\CCCCC[C@H](NC(=O)OC(C)(C)C)C(=O)N2CCC[C@H]2C(=O)N3)CC1. The minimum atomic E-state index is -4.15. The Morgan fingerprint density at radius 2 is 1.67 bits per heavy atom. The molecule has 2 aliphatic carbocycles. The summed E-state index contributed by atoms with van der Waals surface area (Å²) in [5.41, 5.74) is -2.16. The molecule has 4 atom stereocenters. The summed E-state index contributed by atoms with van der Waals surface area (Å²) in [6.07, 6.45) is 10.9. The van der Waals surface area contributed by atoms with E-state index in [0.29, 0.717) is 45.1 Å². The summed E-state index contributed by atoms with van der Waals surface area (Å²) < 4.78 is 36.8. The standard InChI is InChI=1S/C32H52N6O7S/c1-31(2,3)45-30(42)33-25-12-9-7-5-6-8-11-22-21-32(22,34-27(39)26-13-10-18-37(26)28(25)40)29(41)35-46(43,44)38(23-14-15-23)24-16-19-36(4)20-17-24/h8,11,22-26H,5-7,9-10,12-21H2,1-4H3,(H,33,42)(H,34,39)(H,35,41)/b11-8-/t22-,25+,26+,32-/m1/s1. The van der Waals surface area contributed by atoms with E-state index in [-0.39, 0.29) is 30.3 Å². The van der Waals surface area contributed by atoms with Crippen molar-refractivity contribution in [1.82, 2.24) is 29.5 Å². The van der Waals surface area contributed by atoms with Gasteiger partial charge in [0.25, 0.3) is 5.91 Å². The third-order valence-electron chi connectivity index (χ3n) is 9.78. The lowest BCUT2D eigenvalue weighted by Gasteiger charge is -2.36. The summed E-state index contributed by atoms with van der Waals surface area (Å²) in [7, 11) is -2.14. The Kier molecular flexibility index (Phi) is 10.4. The van der Waals surface area contributed by atoms with Crippen LogP contribution in [0.2, 0.25) is 0 Å². The number of hydrogen-bond donors (Lipinski definition) is 3. The highest BCUT2D eigenvalue weighted by molar-refractivity contribution is 7.87. The van der Waals surface area contributed by atoms with E-state index in [9.17, 15) is 27.6 Å². The van der Waals surface area contributed by atoms with Crippen LogP contribution in [0.25, 0.3) is 0 Å². The minimum absolute atomic E-state index is 0.117. The molecule has 0 spiro atoms. The first-order valence-corrected chi connectivity index (χ1v) is 18.5. The Morgan fingerprint density at radius 3 is 2.35 bits per heavy atom. The number of piperidine rings is 1. The second kappa shape index (κ2) is 13.8. The summed E-state index contributed by atoms with van der Waals surface area (Å²) >= 11 is 0. The number of carbonyl (C=O) groups excluding carboxylic acids is 4. The molecular weight excluding hydrogens is 612 g/mol. The number of fused-ring (bicyclic) bond motifs is 2. The van der Waals surface area contributed by atoms with Gasteiger partial charge in [-0.3, -0.25) is 14.4 Å². The lowest BCUT2D eigenvalue weighted by molar-refractivity contribution is -0.141. The van der Waals surface area contributed by atoms with Gasteiger partial charge in [0.1, 0.15) is 23.2 Å². The molecule has 46 heavy (non-hydrogen) atoms. The fraction of sp³-hybridized carbons (Fsp3) is 0.812. The topological polar surface area (TPSA) is 157 Å². The van der Waals surface area contributed by atoms with Crippen molar-refractivity contribution in [3.63, 3.8) is 0 Å². The minimum Gasteiger partial charge on any atom is -0.444 e. The zero-order valence-corrected chi connectivity index (χ0v) is 28.6. The summed E-state index contributed by atoms with van der Waals surface area (Å²) in [6.45, 7) is 7.16. The van der Waals surface area contributed by atoms with E-state index >= 15 is 0 Å². The van der Waals surface area contributed by atoms with Gasteiger partial charge in [-0.05, 0) is 105 Å². The zero-order chi connectivity index (χ0) is 33.3. The van der Waals surface area contributed by atoms with Crippen molar-refractivity contribution in [2.75, 3.05) is 26.7 Å². The Morgan fingerprint density at radius 1 is 0.978 bits per heavy atom. The third-order valence-corrected chi connectivity index (χ3v) is 11.4. The first-order chi connectivity index (χ1) is 21.7. The molecule has 3 aliphatic heterocycles. The van der Waals surface area contributed by atoms with Crippen LogP contribution in [0.5, 0.6) is 0 Å². The van der Waals surface area contributed by atoms with Crippen LogP contribution in [0, 0.1) is 5.92 Å². The smallest absolute Gasteiger partial charge is 0.408 e. The van der Waals surface area contributed by atoms with Gasteiger partial charge in [0, 0.05) is 24.5 Å². The molecule has 14 heteroatoms. The van der Waals surface area contributed by atoms with Crippen LogP contribution in [0.3, 0.4) is 0 Å². The average Bonchev–Trinajstić information content (AvgIpc) is 3.86. The van der Waals surface area contributed by atoms with Crippen LogP contribution in [-0.4, -0.2) is 108 Å². The molecule has 0 radical (unpaired) electrons. The largest absolute Gasteiger partial charge is 0.444 e. The molecular formula is C32H52N6O7S. The van der Waals surface area contributed by atoms with Gasteiger partial charge in [0.15, 0.2) is 0 Å². The monoisotopic (exact) mass is 664 g/mol. The van der Waals surface area contributed by atoms with E-state index in [1.54, 1.807) is 20.8 Å². The summed E-state index contributed by atoms with van der Waals surface area (Å²) in [4.78, 5) is 57.9. The Hall–Kier alpha value is -2.71. The quantitative estimate of drug-likeness (QED) is 0.365. The molecule has 2 saturated carbocycles. The maximum absolute atomic E-state index is 13.9. The van der Waals surface area contributed by atoms with Gasteiger partial charge in [0.2, 0.25) is 11.8 Å². The second-order valence-corrected chi connectivity index (χ2v) is 16.3. The highest BCUT2D eigenvalue weighted by atomic mass is 32.2. The molecule has 13 nitrogen and oxygen atoms in total. The normalized spacial score (nSPS) is 31.2. The van der Waals surface area contributed by atoms with E-state index in [1.165, 1.54) is 9.21 Å². The van der Waals surface area contributed by atoms with Crippen LogP contribution in [0.4, 0.5) is 4.79 Å². The van der Waals surface area contributed by atoms with Crippen LogP contribution in [-0.2, 0) is 29.3 Å². The summed E-state index contributed by atoms with van der Waals surface area (Å²) in [5, 5.41) is 5.64. The molecule has 3 N–H and O–H groups in total. The molecule has 0 aromatic rings. The number of alkyl carbamates (subject to hydrolysis) is 1. The van der Waals surface area contributed by atoms with Gasteiger partial charge in [-0.15, -0.1) is 0 Å². The molecule has 0 unspecified atom stereocenters. The fourth-order valence-electron chi connectivity index (χ4n) is 7.07. The van der Waals surface area contributed by atoms with Crippen LogP contribution >= 0.6 is 0 Å². The first-order valence-electron chi connectivity index (χ1n) is 17.0. The number of likely N-dealkylation sites (tertiary alicyclic amines) is 1. The Bertz CT molecular complexity index is 1300. The predicted molar refractivity (Wildman–Crippen MR) is 172 cm³/mol. The van der Waals surface area contributed by atoms with E-state index in [1.807, 2.05) is 19.2 Å². The van der Waals surface area contributed by atoms with Crippen LogP contribution < -0.4 is 15.4 Å². The van der Waals surface area contributed by atoms with Crippen molar-refractivity contribution in [2.24, 2.45) is 5.92 Å². The summed E-state index contributed by atoms with van der Waals surface area (Å²) in [6, 6.07) is -1.99. The lowest BCUT2D eigenvalue weighted by Crippen LogP contribution is -2.60. The highest BCUT2D eigenvalue weighted by Gasteiger charge is 2.62. The Labute approximate surface area is 273 Å². The van der Waals surface area contributed by atoms with Crippen molar-refractivity contribution < 1.29 is 32.3 Å². The van der Waals surface area contributed by atoms with Crippen molar-refractivity contribution in [3.05, 3.63) is 12.2 Å². The number of allylic oxidation sites excluding steroid dienone is 1. The molecule has 258 valence electrons. The average molecular weight is 665 g/mol. The molecule has 4 fully saturated rings. The maximum Gasteiger partial charge on any atom is 0.408 e.